The number of nitrogens with zero attached hydrogens (tertiary/aromatic N) is 1. The van der Waals surface area contributed by atoms with E-state index >= 15 is 0 Å². The molecule has 1 atom stereocenters. The third-order valence-corrected chi connectivity index (χ3v) is 4.65. The summed E-state index contributed by atoms with van der Waals surface area (Å²) < 4.78 is 0. The summed E-state index contributed by atoms with van der Waals surface area (Å²) in [6.07, 6.45) is 7.73. The van der Waals surface area contributed by atoms with Gasteiger partial charge in [-0.15, -0.1) is 0 Å². The topological polar surface area (TPSA) is 98.7 Å². The second kappa shape index (κ2) is 8.74. The normalized spacial score (nSPS) is 21.9. The average Bonchev–Trinajstić information content (AvgIpc) is 3.02. The van der Waals surface area contributed by atoms with Crippen LogP contribution in [-0.4, -0.2) is 53.1 Å². The lowest BCUT2D eigenvalue weighted by Gasteiger charge is -2.23. The molecule has 0 aromatic rings. The van der Waals surface area contributed by atoms with E-state index in [-0.39, 0.29) is 24.4 Å². The number of aliphatic carboxylic acids is 1. The Kier molecular flexibility index (Phi) is 6.67. The fraction of sp³-hybridized carbons (Fsp3) is 0.812. The van der Waals surface area contributed by atoms with Crippen molar-refractivity contribution < 1.29 is 19.5 Å². The Bertz CT molecular complexity index is 435. The van der Waals surface area contributed by atoms with Crippen LogP contribution in [-0.2, 0) is 9.59 Å². The SMILES string of the molecule is O=C(NCCCC(=O)N1CCC[C@H]1C(=O)O)NC1CCCCC1. The van der Waals surface area contributed by atoms with Crippen LogP contribution in [0, 0.1) is 0 Å². The van der Waals surface area contributed by atoms with Crippen molar-refractivity contribution in [2.75, 3.05) is 13.1 Å². The number of carbonyl (C=O) groups excluding carboxylic acids is 2. The van der Waals surface area contributed by atoms with Gasteiger partial charge in [-0.3, -0.25) is 4.79 Å². The molecule has 2 fully saturated rings. The molecule has 0 spiro atoms. The number of likely N-dealkylation sites (tertiary alicyclic amines) is 1. The van der Waals surface area contributed by atoms with Gasteiger partial charge in [0.05, 0.1) is 0 Å². The molecule has 0 unspecified atom stereocenters. The number of nitrogens with one attached hydrogen (secondary N) is 2. The van der Waals surface area contributed by atoms with E-state index < -0.39 is 12.0 Å². The summed E-state index contributed by atoms with van der Waals surface area (Å²) in [5.41, 5.74) is 0. The molecule has 7 heteroatoms. The minimum absolute atomic E-state index is 0.135. The number of carboxylic acid groups (broad SMARTS) is 1. The van der Waals surface area contributed by atoms with Gasteiger partial charge in [0.1, 0.15) is 6.04 Å². The quantitative estimate of drug-likeness (QED) is 0.644. The fourth-order valence-electron chi connectivity index (χ4n) is 3.39. The van der Waals surface area contributed by atoms with E-state index in [1.165, 1.54) is 24.2 Å². The summed E-state index contributed by atoms with van der Waals surface area (Å²) in [6.45, 7) is 0.946. The van der Waals surface area contributed by atoms with E-state index in [0.29, 0.717) is 25.9 Å². The maximum Gasteiger partial charge on any atom is 0.326 e. The number of urea groups is 1. The van der Waals surface area contributed by atoms with Crippen LogP contribution in [0.2, 0.25) is 0 Å². The molecule has 1 saturated carbocycles. The van der Waals surface area contributed by atoms with Crippen LogP contribution in [0.1, 0.15) is 57.8 Å². The second-order valence-electron chi connectivity index (χ2n) is 6.42. The molecule has 0 aromatic heterocycles. The van der Waals surface area contributed by atoms with Crippen molar-refractivity contribution in [2.24, 2.45) is 0 Å². The smallest absolute Gasteiger partial charge is 0.326 e. The van der Waals surface area contributed by atoms with E-state index in [1.807, 2.05) is 0 Å². The Morgan fingerprint density at radius 1 is 1.04 bits per heavy atom. The number of rotatable bonds is 6. The van der Waals surface area contributed by atoms with Gasteiger partial charge in [-0.25, -0.2) is 9.59 Å². The molecule has 0 bridgehead atoms. The Balaban J connectivity index is 1.60. The number of amides is 3. The van der Waals surface area contributed by atoms with E-state index in [1.54, 1.807) is 0 Å². The Morgan fingerprint density at radius 2 is 1.78 bits per heavy atom. The van der Waals surface area contributed by atoms with E-state index in [0.717, 1.165) is 19.3 Å². The molecule has 2 aliphatic rings. The maximum atomic E-state index is 12.1. The molecule has 0 radical (unpaired) electrons. The zero-order valence-electron chi connectivity index (χ0n) is 13.6. The van der Waals surface area contributed by atoms with Gasteiger partial charge in [0.25, 0.3) is 0 Å². The van der Waals surface area contributed by atoms with E-state index in [4.69, 9.17) is 5.11 Å². The molecule has 1 aliphatic heterocycles. The predicted octanol–water partition coefficient (Wildman–Crippen LogP) is 1.47. The molecule has 7 nitrogen and oxygen atoms in total. The first kappa shape index (κ1) is 17.6. The van der Waals surface area contributed by atoms with Gasteiger partial charge >= 0.3 is 12.0 Å². The molecule has 1 aliphatic carbocycles. The first-order chi connectivity index (χ1) is 11.1. The maximum absolute atomic E-state index is 12.1. The molecule has 23 heavy (non-hydrogen) atoms. The monoisotopic (exact) mass is 325 g/mol. The van der Waals surface area contributed by atoms with Gasteiger partial charge in [-0.1, -0.05) is 19.3 Å². The molecule has 2 rings (SSSR count). The number of hydrogen-bond acceptors (Lipinski definition) is 3. The van der Waals surface area contributed by atoms with Gasteiger partial charge in [0, 0.05) is 25.6 Å². The second-order valence-corrected chi connectivity index (χ2v) is 6.42. The lowest BCUT2D eigenvalue weighted by molar-refractivity contribution is -0.148. The van der Waals surface area contributed by atoms with Gasteiger partial charge in [-0.05, 0) is 32.1 Å². The minimum atomic E-state index is -0.930. The van der Waals surface area contributed by atoms with E-state index in [9.17, 15) is 14.4 Å². The van der Waals surface area contributed by atoms with Gasteiger partial charge in [0.15, 0.2) is 0 Å². The van der Waals surface area contributed by atoms with E-state index in [2.05, 4.69) is 10.6 Å². The van der Waals surface area contributed by atoms with Gasteiger partial charge in [0.2, 0.25) is 5.91 Å². The van der Waals surface area contributed by atoms with Crippen LogP contribution >= 0.6 is 0 Å². The lowest BCUT2D eigenvalue weighted by Crippen LogP contribution is -2.43. The van der Waals surface area contributed by atoms with Crippen molar-refractivity contribution in [3.63, 3.8) is 0 Å². The van der Waals surface area contributed by atoms with Crippen LogP contribution < -0.4 is 10.6 Å². The Hall–Kier alpha value is -1.79. The average molecular weight is 325 g/mol. The lowest BCUT2D eigenvalue weighted by atomic mass is 9.96. The highest BCUT2D eigenvalue weighted by Crippen LogP contribution is 2.19. The first-order valence-corrected chi connectivity index (χ1v) is 8.64. The summed E-state index contributed by atoms with van der Waals surface area (Å²) in [4.78, 5) is 36.3. The molecule has 130 valence electrons. The highest BCUT2D eigenvalue weighted by molar-refractivity contribution is 5.84. The highest BCUT2D eigenvalue weighted by Gasteiger charge is 2.33. The highest BCUT2D eigenvalue weighted by atomic mass is 16.4. The van der Waals surface area contributed by atoms with Crippen LogP contribution in [0.15, 0.2) is 0 Å². The summed E-state index contributed by atoms with van der Waals surface area (Å²) in [5, 5.41) is 14.8. The van der Waals surface area contributed by atoms with Crippen molar-refractivity contribution in [1.82, 2.24) is 15.5 Å². The van der Waals surface area contributed by atoms with Crippen LogP contribution in [0.4, 0.5) is 4.79 Å². The summed E-state index contributed by atoms with van der Waals surface area (Å²) in [5.74, 6) is -1.06. The van der Waals surface area contributed by atoms with Gasteiger partial charge < -0.3 is 20.6 Å². The van der Waals surface area contributed by atoms with Crippen molar-refractivity contribution in [3.05, 3.63) is 0 Å². The third kappa shape index (κ3) is 5.41. The number of carbonyl (C=O) groups is 3. The minimum Gasteiger partial charge on any atom is -0.480 e. The summed E-state index contributed by atoms with van der Waals surface area (Å²) in [7, 11) is 0. The molecule has 3 amide bonds. The van der Waals surface area contributed by atoms with Crippen LogP contribution in [0.3, 0.4) is 0 Å². The van der Waals surface area contributed by atoms with Crippen LogP contribution in [0.25, 0.3) is 0 Å². The summed E-state index contributed by atoms with van der Waals surface area (Å²) >= 11 is 0. The number of hydrogen-bond donors (Lipinski definition) is 3. The van der Waals surface area contributed by atoms with Crippen molar-refractivity contribution in [1.29, 1.82) is 0 Å². The number of carboxylic acids is 1. The van der Waals surface area contributed by atoms with Crippen LogP contribution in [0.5, 0.6) is 0 Å². The Labute approximate surface area is 136 Å². The predicted molar refractivity (Wildman–Crippen MR) is 85.0 cm³/mol. The van der Waals surface area contributed by atoms with Crippen molar-refractivity contribution >= 4 is 17.9 Å². The zero-order valence-corrected chi connectivity index (χ0v) is 13.6. The van der Waals surface area contributed by atoms with Crippen molar-refractivity contribution in [2.45, 2.75) is 69.9 Å². The first-order valence-electron chi connectivity index (χ1n) is 8.64. The standard InChI is InChI=1S/C16H27N3O4/c20-14(19-11-5-8-13(19)15(21)22)9-4-10-17-16(23)18-12-6-2-1-3-7-12/h12-13H,1-11H2,(H,21,22)(H2,17,18,23)/t13-/m0/s1. The molecule has 3 N–H and O–H groups in total. The zero-order chi connectivity index (χ0) is 16.7. The Morgan fingerprint density at radius 3 is 2.48 bits per heavy atom. The molecule has 0 aromatic carbocycles. The third-order valence-electron chi connectivity index (χ3n) is 4.65. The van der Waals surface area contributed by atoms with Gasteiger partial charge in [-0.2, -0.15) is 0 Å². The molecular formula is C16H27N3O4. The molecule has 1 saturated heterocycles. The molecular weight excluding hydrogens is 298 g/mol. The largest absolute Gasteiger partial charge is 0.480 e. The van der Waals surface area contributed by atoms with Crippen molar-refractivity contribution in [3.8, 4) is 0 Å². The molecule has 1 heterocycles. The summed E-state index contributed by atoms with van der Waals surface area (Å²) in [6, 6.07) is -0.578. The fourth-order valence-corrected chi connectivity index (χ4v) is 3.39.